The van der Waals surface area contributed by atoms with Crippen molar-refractivity contribution in [1.82, 2.24) is 14.4 Å². The first-order chi connectivity index (χ1) is 7.66. The quantitative estimate of drug-likeness (QED) is 0.593. The zero-order chi connectivity index (χ0) is 13.3. The van der Waals surface area contributed by atoms with Crippen molar-refractivity contribution in [3.63, 3.8) is 0 Å². The van der Waals surface area contributed by atoms with Crippen molar-refractivity contribution in [2.45, 2.75) is 5.03 Å². The highest BCUT2D eigenvalue weighted by molar-refractivity contribution is 7.89. The molecular formula is C6H8FN3O5S2. The minimum absolute atomic E-state index is 0.136. The number of hydrogen-bond donors (Lipinski definition) is 1. The molecule has 1 rings (SSSR count). The fourth-order valence-corrected chi connectivity index (χ4v) is 2.34. The molecule has 0 unspecified atom stereocenters. The third kappa shape index (κ3) is 3.33. The molecule has 17 heavy (non-hydrogen) atoms. The van der Waals surface area contributed by atoms with Crippen LogP contribution in [0.15, 0.2) is 17.8 Å². The maximum absolute atomic E-state index is 12.2. The predicted molar refractivity (Wildman–Crippen MR) is 54.7 cm³/mol. The van der Waals surface area contributed by atoms with E-state index < -0.39 is 25.6 Å². The van der Waals surface area contributed by atoms with E-state index in [2.05, 4.69) is 20.8 Å². The summed E-state index contributed by atoms with van der Waals surface area (Å²) in [6.45, 7) is 3.34. The molecule has 0 aliphatic heterocycles. The Kier molecular flexibility index (Phi) is 3.66. The van der Waals surface area contributed by atoms with Crippen molar-refractivity contribution in [3.8, 4) is 0 Å². The number of aromatic nitrogens is 2. The van der Waals surface area contributed by atoms with Crippen LogP contribution in [0.3, 0.4) is 0 Å². The second kappa shape index (κ2) is 4.52. The van der Waals surface area contributed by atoms with Crippen molar-refractivity contribution < 1.29 is 25.0 Å². The van der Waals surface area contributed by atoms with Gasteiger partial charge in [-0.1, -0.05) is 14.9 Å². The minimum atomic E-state index is -5.42. The Morgan fingerprint density at radius 3 is 2.53 bits per heavy atom. The van der Waals surface area contributed by atoms with Gasteiger partial charge in [0, 0.05) is 7.05 Å². The smallest absolute Gasteiger partial charge is 0.328 e. The van der Waals surface area contributed by atoms with Crippen LogP contribution in [0.1, 0.15) is 5.82 Å². The van der Waals surface area contributed by atoms with Crippen molar-refractivity contribution in [2.24, 2.45) is 0 Å². The molecule has 1 aromatic rings. The maximum Gasteiger partial charge on any atom is 0.455 e. The van der Waals surface area contributed by atoms with Crippen LogP contribution in [0.2, 0.25) is 0 Å². The van der Waals surface area contributed by atoms with Crippen LogP contribution in [0.25, 0.3) is 6.08 Å². The van der Waals surface area contributed by atoms with Gasteiger partial charge >= 0.3 is 10.5 Å². The van der Waals surface area contributed by atoms with E-state index in [9.17, 15) is 20.7 Å². The second-order valence-corrected chi connectivity index (χ2v) is 5.56. The predicted octanol–water partition coefficient (Wildman–Crippen LogP) is -0.181. The van der Waals surface area contributed by atoms with E-state index in [0.29, 0.717) is 0 Å². The van der Waals surface area contributed by atoms with Gasteiger partial charge in [0.1, 0.15) is 5.82 Å². The summed E-state index contributed by atoms with van der Waals surface area (Å²) in [5.74, 6) is 0.153. The number of aromatic amines is 1. The van der Waals surface area contributed by atoms with E-state index >= 15 is 0 Å². The van der Waals surface area contributed by atoms with Crippen LogP contribution in [0.5, 0.6) is 0 Å². The molecular weight excluding hydrogens is 277 g/mol. The number of nitrogens with zero attached hydrogens (tertiary/aromatic N) is 2. The van der Waals surface area contributed by atoms with Crippen molar-refractivity contribution in [2.75, 3.05) is 7.05 Å². The highest BCUT2D eigenvalue weighted by Gasteiger charge is 2.28. The minimum Gasteiger partial charge on any atom is -0.328 e. The van der Waals surface area contributed by atoms with Crippen LogP contribution in [0.4, 0.5) is 3.89 Å². The number of H-pyrrole nitrogens is 1. The van der Waals surface area contributed by atoms with Gasteiger partial charge in [-0.2, -0.15) is 8.42 Å². The summed E-state index contributed by atoms with van der Waals surface area (Å²) < 4.78 is 59.1. The van der Waals surface area contributed by atoms with Gasteiger partial charge in [0.05, 0.1) is 6.20 Å². The normalized spacial score (nSPS) is 12.9. The zero-order valence-corrected chi connectivity index (χ0v) is 10.1. The summed E-state index contributed by atoms with van der Waals surface area (Å²) in [6, 6.07) is 0. The number of hydrogen-bond acceptors (Lipinski definition) is 6. The molecule has 0 spiro atoms. The molecule has 96 valence electrons. The van der Waals surface area contributed by atoms with Crippen LogP contribution < -0.4 is 0 Å². The maximum atomic E-state index is 12.2. The third-order valence-electron chi connectivity index (χ3n) is 1.58. The average Bonchev–Trinajstić information content (AvgIpc) is 2.63. The SMILES string of the molecule is C=Cc1ncc(S(=O)(=O)N(C)OS(=O)(=O)F)[nH]1. The summed E-state index contributed by atoms with van der Waals surface area (Å²) in [5, 5.41) is -0.460. The highest BCUT2D eigenvalue weighted by atomic mass is 32.3. The summed E-state index contributed by atoms with van der Waals surface area (Å²) >= 11 is 0. The van der Waals surface area contributed by atoms with Crippen molar-refractivity contribution in [3.05, 3.63) is 18.6 Å². The standard InChI is InChI=1S/C6H8FN3O5S2/c1-3-5-8-4-6(9-5)16(11,12)10(2)15-17(7,13)14/h3-4H,1H2,2H3,(H,8,9). The van der Waals surface area contributed by atoms with Gasteiger partial charge in [0.15, 0.2) is 5.03 Å². The van der Waals surface area contributed by atoms with Gasteiger partial charge in [-0.15, -0.1) is 4.28 Å². The third-order valence-corrected chi connectivity index (χ3v) is 3.59. The number of hydroxylamine groups is 1. The summed E-state index contributed by atoms with van der Waals surface area (Å²) in [4.78, 5) is 5.92. The fraction of sp³-hybridized carbons (Fsp3) is 0.167. The Labute approximate surface area is 97.1 Å². The highest BCUT2D eigenvalue weighted by Crippen LogP contribution is 2.14. The largest absolute Gasteiger partial charge is 0.455 e. The van der Waals surface area contributed by atoms with Gasteiger partial charge in [0.2, 0.25) is 0 Å². The van der Waals surface area contributed by atoms with E-state index in [-0.39, 0.29) is 10.3 Å². The Hall–Kier alpha value is -1.30. The molecule has 1 heterocycles. The fourth-order valence-electron chi connectivity index (χ4n) is 0.858. The lowest BCUT2D eigenvalue weighted by molar-refractivity contribution is 0.0637. The van der Waals surface area contributed by atoms with Crippen LogP contribution in [-0.2, 0) is 24.8 Å². The van der Waals surface area contributed by atoms with E-state index in [1.807, 2.05) is 0 Å². The molecule has 1 aromatic heterocycles. The molecule has 0 aromatic carbocycles. The lowest BCUT2D eigenvalue weighted by Crippen LogP contribution is -2.29. The molecule has 0 saturated heterocycles. The first-order valence-electron chi connectivity index (χ1n) is 3.97. The average molecular weight is 285 g/mol. The number of nitrogens with one attached hydrogen (secondary N) is 1. The van der Waals surface area contributed by atoms with Gasteiger partial charge in [0.25, 0.3) is 10.0 Å². The van der Waals surface area contributed by atoms with Crippen LogP contribution in [0, 0.1) is 0 Å². The first kappa shape index (κ1) is 13.8. The Morgan fingerprint density at radius 2 is 2.12 bits per heavy atom. The van der Waals surface area contributed by atoms with Crippen molar-refractivity contribution >= 4 is 26.6 Å². The van der Waals surface area contributed by atoms with Crippen LogP contribution in [-0.4, -0.2) is 38.3 Å². The monoisotopic (exact) mass is 285 g/mol. The number of imidazole rings is 1. The van der Waals surface area contributed by atoms with E-state index in [0.717, 1.165) is 13.2 Å². The zero-order valence-electron chi connectivity index (χ0n) is 8.49. The Bertz CT molecular complexity index is 620. The van der Waals surface area contributed by atoms with Gasteiger partial charge in [-0.3, -0.25) is 0 Å². The Morgan fingerprint density at radius 1 is 1.53 bits per heavy atom. The van der Waals surface area contributed by atoms with E-state index in [1.165, 1.54) is 6.08 Å². The second-order valence-electron chi connectivity index (χ2n) is 2.72. The lowest BCUT2D eigenvalue weighted by atomic mass is 10.6. The molecule has 8 nitrogen and oxygen atoms in total. The Balaban J connectivity index is 3.07. The molecule has 11 heteroatoms. The van der Waals surface area contributed by atoms with Crippen LogP contribution >= 0.6 is 0 Å². The molecule has 0 atom stereocenters. The summed E-state index contributed by atoms with van der Waals surface area (Å²) in [6.07, 6.45) is 2.16. The summed E-state index contributed by atoms with van der Waals surface area (Å²) in [5.41, 5.74) is 0. The number of sulfonamides is 1. The van der Waals surface area contributed by atoms with Gasteiger partial charge < -0.3 is 4.98 Å². The molecule has 0 fully saturated rings. The molecule has 0 saturated carbocycles. The molecule has 0 aliphatic rings. The lowest BCUT2D eigenvalue weighted by Gasteiger charge is -2.11. The molecule has 0 aliphatic carbocycles. The van der Waals surface area contributed by atoms with E-state index in [4.69, 9.17) is 0 Å². The molecule has 1 N–H and O–H groups in total. The van der Waals surface area contributed by atoms with Gasteiger partial charge in [-0.25, -0.2) is 13.4 Å². The molecule has 0 bridgehead atoms. The summed E-state index contributed by atoms with van der Waals surface area (Å²) in [7, 11) is -9.03. The number of halogens is 1. The first-order valence-corrected chi connectivity index (χ1v) is 6.72. The van der Waals surface area contributed by atoms with Gasteiger partial charge in [-0.05, 0) is 6.08 Å². The van der Waals surface area contributed by atoms with E-state index in [1.54, 1.807) is 0 Å². The molecule has 0 radical (unpaired) electrons. The molecule has 0 amide bonds. The van der Waals surface area contributed by atoms with Crippen molar-refractivity contribution in [1.29, 1.82) is 0 Å². The topological polar surface area (TPSA) is 109 Å². The number of rotatable bonds is 5.